The molecule has 0 bridgehead atoms. The van der Waals surface area contributed by atoms with E-state index in [-0.39, 0.29) is 0 Å². The molecular weight excluding hydrogens is 314 g/mol. The third-order valence-electron chi connectivity index (χ3n) is 4.31. The van der Waals surface area contributed by atoms with Gasteiger partial charge in [0.25, 0.3) is 0 Å². The lowest BCUT2D eigenvalue weighted by Crippen LogP contribution is -2.17. The summed E-state index contributed by atoms with van der Waals surface area (Å²) < 4.78 is 0. The van der Waals surface area contributed by atoms with Gasteiger partial charge in [-0.1, -0.05) is 81.1 Å². The molecule has 1 aliphatic carbocycles. The van der Waals surface area contributed by atoms with E-state index in [1.165, 1.54) is 11.3 Å². The van der Waals surface area contributed by atoms with E-state index in [4.69, 9.17) is 0 Å². The molecule has 0 aliphatic heterocycles. The Kier molecular flexibility index (Phi) is 7.23. The van der Waals surface area contributed by atoms with Crippen molar-refractivity contribution in [3.05, 3.63) is 96.2 Å². The molecule has 1 aliphatic rings. The lowest BCUT2D eigenvalue weighted by Gasteiger charge is -2.29. The number of aryl methyl sites for hydroxylation is 1. The fourth-order valence-corrected chi connectivity index (χ4v) is 3.05. The Labute approximate surface area is 158 Å². The first kappa shape index (κ1) is 19.5. The van der Waals surface area contributed by atoms with Gasteiger partial charge in [0.15, 0.2) is 0 Å². The minimum atomic E-state index is 1.07. The third-order valence-corrected chi connectivity index (χ3v) is 4.31. The monoisotopic (exact) mass is 343 g/mol. The number of hydrogen-bond acceptors (Lipinski definition) is 1. The first-order valence-electron chi connectivity index (χ1n) is 9.36. The topological polar surface area (TPSA) is 3.24 Å². The largest absolute Gasteiger partial charge is 0.310 e. The van der Waals surface area contributed by atoms with Gasteiger partial charge in [0.1, 0.15) is 0 Å². The summed E-state index contributed by atoms with van der Waals surface area (Å²) in [7, 11) is 0. The fourth-order valence-electron chi connectivity index (χ4n) is 3.05. The predicted octanol–water partition coefficient (Wildman–Crippen LogP) is 7.68. The second-order valence-corrected chi connectivity index (χ2v) is 5.97. The van der Waals surface area contributed by atoms with E-state index in [0.717, 1.165) is 35.3 Å². The molecule has 0 heterocycles. The molecule has 0 radical (unpaired) electrons. The van der Waals surface area contributed by atoms with Crippen LogP contribution in [0.4, 0.5) is 11.4 Å². The van der Waals surface area contributed by atoms with Gasteiger partial charge in [0.05, 0.1) is 5.69 Å². The highest BCUT2D eigenvalue weighted by Crippen LogP contribution is 2.36. The number of rotatable bonds is 5. The highest BCUT2D eigenvalue weighted by atomic mass is 15.1. The molecule has 1 nitrogen and oxygen atoms in total. The van der Waals surface area contributed by atoms with Gasteiger partial charge in [0.2, 0.25) is 0 Å². The third kappa shape index (κ3) is 4.23. The van der Waals surface area contributed by atoms with Crippen molar-refractivity contribution in [3.63, 3.8) is 0 Å². The van der Waals surface area contributed by atoms with Gasteiger partial charge < -0.3 is 4.90 Å². The van der Waals surface area contributed by atoms with Gasteiger partial charge in [-0.25, -0.2) is 0 Å². The van der Waals surface area contributed by atoms with E-state index in [9.17, 15) is 0 Å². The maximum absolute atomic E-state index is 4.02. The molecule has 0 unspecified atom stereocenters. The van der Waals surface area contributed by atoms with Crippen LogP contribution in [-0.4, -0.2) is 0 Å². The number of anilines is 2. The number of nitrogens with zero attached hydrogens (tertiary/aromatic N) is 1. The Morgan fingerprint density at radius 1 is 0.923 bits per heavy atom. The molecule has 0 amide bonds. The summed E-state index contributed by atoms with van der Waals surface area (Å²) in [5.74, 6) is 0. The molecule has 1 heteroatoms. The van der Waals surface area contributed by atoms with Crippen LogP contribution in [0.1, 0.15) is 43.4 Å². The van der Waals surface area contributed by atoms with Crippen LogP contribution < -0.4 is 4.90 Å². The minimum absolute atomic E-state index is 1.07. The smallest absolute Gasteiger partial charge is 0.0539 e. The first-order chi connectivity index (χ1) is 12.7. The Bertz CT molecular complexity index is 807. The average molecular weight is 344 g/mol. The Morgan fingerprint density at radius 2 is 1.65 bits per heavy atom. The molecule has 0 spiro atoms. The van der Waals surface area contributed by atoms with Crippen molar-refractivity contribution in [2.75, 3.05) is 4.90 Å². The van der Waals surface area contributed by atoms with Crippen LogP contribution in [0.2, 0.25) is 0 Å². The summed E-state index contributed by atoms with van der Waals surface area (Å²) >= 11 is 0. The fraction of sp³-hybridized carbons (Fsp3) is 0.200. The highest BCUT2D eigenvalue weighted by molar-refractivity contribution is 5.82. The SMILES string of the molecule is C=Cc1cccc(N(C2=CCCC=C2)c2ccc(C)cc2)c1C=C.CC. The van der Waals surface area contributed by atoms with Gasteiger partial charge in [-0.2, -0.15) is 0 Å². The van der Waals surface area contributed by atoms with E-state index in [1.54, 1.807) is 0 Å². The highest BCUT2D eigenvalue weighted by Gasteiger charge is 2.17. The van der Waals surface area contributed by atoms with Crippen molar-refractivity contribution in [1.82, 2.24) is 0 Å². The molecule has 2 aromatic rings. The molecule has 0 saturated heterocycles. The number of benzene rings is 2. The zero-order valence-electron chi connectivity index (χ0n) is 16.2. The van der Waals surface area contributed by atoms with Gasteiger partial charge in [-0.05, 0) is 49.6 Å². The quantitative estimate of drug-likeness (QED) is 0.538. The Hall–Kier alpha value is -2.80. The van der Waals surface area contributed by atoms with E-state index < -0.39 is 0 Å². The lowest BCUT2D eigenvalue weighted by atomic mass is 10.0. The molecule has 0 aromatic heterocycles. The van der Waals surface area contributed by atoms with Crippen molar-refractivity contribution in [3.8, 4) is 0 Å². The van der Waals surface area contributed by atoms with Crippen LogP contribution in [0.3, 0.4) is 0 Å². The molecule has 0 fully saturated rings. The van der Waals surface area contributed by atoms with Crippen molar-refractivity contribution in [2.45, 2.75) is 33.6 Å². The Balaban J connectivity index is 0.00000117. The standard InChI is InChI=1S/C23H23N.C2H6/c1-4-19-10-9-13-23(22(19)5-2)24(20-11-7-6-8-12-20)21-16-14-18(3)15-17-21;1-2/h4-5,7,9-17H,1-2,6,8H2,3H3;1-2H3. The number of hydrogen-bond donors (Lipinski definition) is 0. The van der Waals surface area contributed by atoms with E-state index in [2.05, 4.69) is 85.7 Å². The van der Waals surface area contributed by atoms with Crippen LogP contribution in [0, 0.1) is 6.92 Å². The Morgan fingerprint density at radius 3 is 2.23 bits per heavy atom. The van der Waals surface area contributed by atoms with Gasteiger partial charge in [-0.15, -0.1) is 0 Å². The van der Waals surface area contributed by atoms with Crippen molar-refractivity contribution < 1.29 is 0 Å². The van der Waals surface area contributed by atoms with Crippen molar-refractivity contribution in [2.24, 2.45) is 0 Å². The van der Waals surface area contributed by atoms with E-state index in [0.29, 0.717) is 0 Å². The van der Waals surface area contributed by atoms with E-state index >= 15 is 0 Å². The summed E-state index contributed by atoms with van der Waals surface area (Å²) in [5.41, 5.74) is 6.95. The second kappa shape index (κ2) is 9.62. The molecule has 2 aromatic carbocycles. The minimum Gasteiger partial charge on any atom is -0.310 e. The van der Waals surface area contributed by atoms with E-state index in [1.807, 2.05) is 26.0 Å². The first-order valence-corrected chi connectivity index (χ1v) is 9.36. The van der Waals surface area contributed by atoms with Crippen LogP contribution >= 0.6 is 0 Å². The molecule has 3 rings (SSSR count). The zero-order chi connectivity index (χ0) is 18.9. The number of allylic oxidation sites excluding steroid dienone is 3. The maximum atomic E-state index is 4.02. The van der Waals surface area contributed by atoms with Crippen LogP contribution in [-0.2, 0) is 0 Å². The van der Waals surface area contributed by atoms with Crippen molar-refractivity contribution >= 4 is 23.5 Å². The van der Waals surface area contributed by atoms with Crippen LogP contribution in [0.25, 0.3) is 12.2 Å². The summed E-state index contributed by atoms with van der Waals surface area (Å²) in [6.07, 6.45) is 12.7. The molecule has 134 valence electrons. The normalized spacial score (nSPS) is 12.5. The summed E-state index contributed by atoms with van der Waals surface area (Å²) in [4.78, 5) is 2.30. The van der Waals surface area contributed by atoms with Crippen LogP contribution in [0.15, 0.2) is 79.5 Å². The maximum Gasteiger partial charge on any atom is 0.0539 e. The predicted molar refractivity (Wildman–Crippen MR) is 118 cm³/mol. The zero-order valence-corrected chi connectivity index (χ0v) is 16.2. The van der Waals surface area contributed by atoms with Gasteiger partial charge in [-0.3, -0.25) is 0 Å². The molecule has 26 heavy (non-hydrogen) atoms. The van der Waals surface area contributed by atoms with Crippen molar-refractivity contribution in [1.29, 1.82) is 0 Å². The van der Waals surface area contributed by atoms with Gasteiger partial charge in [0, 0.05) is 16.9 Å². The van der Waals surface area contributed by atoms with Crippen LogP contribution in [0.5, 0.6) is 0 Å². The summed E-state index contributed by atoms with van der Waals surface area (Å²) in [6.45, 7) is 14.1. The average Bonchev–Trinajstić information content (AvgIpc) is 2.71. The molecular formula is C25H29N. The molecule has 0 atom stereocenters. The molecule has 0 saturated carbocycles. The summed E-state index contributed by atoms with van der Waals surface area (Å²) in [5, 5.41) is 0. The van der Waals surface area contributed by atoms with Gasteiger partial charge >= 0.3 is 0 Å². The summed E-state index contributed by atoms with van der Waals surface area (Å²) in [6, 6.07) is 15.0. The molecule has 0 N–H and O–H groups in total. The second-order valence-electron chi connectivity index (χ2n) is 5.97. The lowest BCUT2D eigenvalue weighted by molar-refractivity contribution is 0.996.